The first-order valence-electron chi connectivity index (χ1n) is 7.77. The molecule has 1 aliphatic heterocycles. The monoisotopic (exact) mass is 315 g/mol. The minimum absolute atomic E-state index is 0.155. The Balaban J connectivity index is 1.55. The van der Waals surface area contributed by atoms with Gasteiger partial charge >= 0.3 is 0 Å². The smallest absolute Gasteiger partial charge is 0.241 e. The van der Waals surface area contributed by atoms with Crippen LogP contribution < -0.4 is 10.2 Å². The third kappa shape index (κ3) is 4.07. The molecule has 2 aromatic rings. The molecule has 0 radical (unpaired) electrons. The Bertz CT molecular complexity index is 631. The van der Waals surface area contributed by atoms with Crippen molar-refractivity contribution in [2.45, 2.75) is 25.0 Å². The second kappa shape index (κ2) is 6.78. The molecule has 2 aromatic heterocycles. The number of carbonyl (C=O) groups excluding carboxylic acids is 1. The minimum atomic E-state index is -0.935. The Morgan fingerprint density at radius 3 is 3.00 bits per heavy atom. The molecule has 3 heterocycles. The predicted octanol–water partition coefficient (Wildman–Crippen LogP) is 0.426. The number of hydrogen-bond acceptors (Lipinski definition) is 5. The largest absolute Gasteiger partial charge is 0.386 e. The third-order valence-electron chi connectivity index (χ3n) is 4.01. The molecule has 1 atom stereocenters. The number of anilines is 1. The number of nitrogens with zero attached hydrogens (tertiary/aromatic N) is 4. The fraction of sp³-hybridized carbons (Fsp3) is 0.438. The Kier molecular flexibility index (Phi) is 4.57. The summed E-state index contributed by atoms with van der Waals surface area (Å²) in [5.41, 5.74) is -0.935. The summed E-state index contributed by atoms with van der Waals surface area (Å²) >= 11 is 0. The molecule has 23 heavy (non-hydrogen) atoms. The number of aromatic nitrogens is 3. The Hall–Kier alpha value is -2.41. The van der Waals surface area contributed by atoms with Crippen molar-refractivity contribution in [3.05, 3.63) is 42.9 Å². The van der Waals surface area contributed by atoms with Crippen molar-refractivity contribution in [3.63, 3.8) is 0 Å². The van der Waals surface area contributed by atoms with Gasteiger partial charge < -0.3 is 15.3 Å². The van der Waals surface area contributed by atoms with E-state index in [2.05, 4.69) is 20.3 Å². The van der Waals surface area contributed by atoms with E-state index in [9.17, 15) is 9.90 Å². The second-order valence-corrected chi connectivity index (χ2v) is 5.92. The van der Waals surface area contributed by atoms with Gasteiger partial charge in [-0.2, -0.15) is 5.10 Å². The maximum absolute atomic E-state index is 11.9. The Morgan fingerprint density at radius 1 is 1.35 bits per heavy atom. The van der Waals surface area contributed by atoms with Gasteiger partial charge in [-0.15, -0.1) is 0 Å². The standard InChI is InChI=1S/C16H21N5O2/c22-15(11-21-10-4-8-19-21)18-12-16(23)6-3-9-20(13-16)14-5-1-2-7-17-14/h1-2,4-5,7-8,10,23H,3,6,9,11-13H2,(H,18,22)/t16-/m1/s1. The summed E-state index contributed by atoms with van der Waals surface area (Å²) in [6.07, 6.45) is 6.64. The number of aliphatic hydroxyl groups is 1. The van der Waals surface area contributed by atoms with E-state index < -0.39 is 5.60 Å². The molecule has 0 spiro atoms. The first-order chi connectivity index (χ1) is 11.1. The van der Waals surface area contributed by atoms with Crippen LogP contribution in [0.2, 0.25) is 0 Å². The lowest BCUT2D eigenvalue weighted by atomic mass is 9.92. The number of amides is 1. The average Bonchev–Trinajstić information content (AvgIpc) is 3.07. The predicted molar refractivity (Wildman–Crippen MR) is 85.9 cm³/mol. The van der Waals surface area contributed by atoms with E-state index in [1.54, 1.807) is 29.3 Å². The van der Waals surface area contributed by atoms with Crippen molar-refractivity contribution in [2.24, 2.45) is 0 Å². The molecule has 1 amide bonds. The summed E-state index contributed by atoms with van der Waals surface area (Å²) in [7, 11) is 0. The highest BCUT2D eigenvalue weighted by molar-refractivity contribution is 5.75. The summed E-state index contributed by atoms with van der Waals surface area (Å²) in [6, 6.07) is 7.51. The van der Waals surface area contributed by atoms with Gasteiger partial charge in [-0.05, 0) is 31.0 Å². The second-order valence-electron chi connectivity index (χ2n) is 5.92. The van der Waals surface area contributed by atoms with Crippen molar-refractivity contribution >= 4 is 11.7 Å². The van der Waals surface area contributed by atoms with E-state index in [4.69, 9.17) is 0 Å². The summed E-state index contributed by atoms with van der Waals surface area (Å²) in [4.78, 5) is 18.3. The van der Waals surface area contributed by atoms with Gasteiger partial charge in [0.05, 0.1) is 5.60 Å². The topological polar surface area (TPSA) is 83.3 Å². The number of pyridine rings is 1. The van der Waals surface area contributed by atoms with E-state index in [0.29, 0.717) is 13.0 Å². The van der Waals surface area contributed by atoms with E-state index in [0.717, 1.165) is 18.8 Å². The molecule has 1 saturated heterocycles. The first-order valence-corrected chi connectivity index (χ1v) is 7.77. The molecular formula is C16H21N5O2. The van der Waals surface area contributed by atoms with Crippen LogP contribution >= 0.6 is 0 Å². The molecule has 0 bridgehead atoms. The molecule has 7 nitrogen and oxygen atoms in total. The lowest BCUT2D eigenvalue weighted by molar-refractivity contribution is -0.123. The Labute approximate surface area is 134 Å². The number of rotatable bonds is 5. The number of piperidine rings is 1. The number of hydrogen-bond donors (Lipinski definition) is 2. The zero-order chi connectivity index (χ0) is 16.1. The summed E-state index contributed by atoms with van der Waals surface area (Å²) in [5.74, 6) is 0.700. The van der Waals surface area contributed by atoms with Gasteiger partial charge in [0.15, 0.2) is 0 Å². The summed E-state index contributed by atoms with van der Waals surface area (Å²) in [5, 5.41) is 17.6. The maximum Gasteiger partial charge on any atom is 0.241 e. The number of β-amino-alcohol motifs (C(OH)–C–C–N with tert-alkyl or cyclic N) is 1. The van der Waals surface area contributed by atoms with Gasteiger partial charge in [-0.25, -0.2) is 4.98 Å². The molecular weight excluding hydrogens is 294 g/mol. The third-order valence-corrected chi connectivity index (χ3v) is 4.01. The van der Waals surface area contributed by atoms with Crippen LogP contribution in [0.25, 0.3) is 0 Å². The van der Waals surface area contributed by atoms with E-state index in [1.807, 2.05) is 18.2 Å². The number of carbonyl (C=O) groups is 1. The highest BCUT2D eigenvalue weighted by atomic mass is 16.3. The molecule has 3 rings (SSSR count). The molecule has 122 valence electrons. The quantitative estimate of drug-likeness (QED) is 0.836. The van der Waals surface area contributed by atoms with Crippen LogP contribution in [0.4, 0.5) is 5.82 Å². The number of nitrogens with one attached hydrogen (secondary N) is 1. The molecule has 2 N–H and O–H groups in total. The summed E-state index contributed by atoms with van der Waals surface area (Å²) in [6.45, 7) is 1.72. The van der Waals surface area contributed by atoms with Crippen LogP contribution in [0.3, 0.4) is 0 Å². The van der Waals surface area contributed by atoms with Crippen molar-refractivity contribution in [1.29, 1.82) is 0 Å². The normalized spacial score (nSPS) is 21.2. The van der Waals surface area contributed by atoms with Crippen LogP contribution in [0.1, 0.15) is 12.8 Å². The first kappa shape index (κ1) is 15.5. The zero-order valence-corrected chi connectivity index (χ0v) is 12.9. The van der Waals surface area contributed by atoms with Crippen LogP contribution in [0.5, 0.6) is 0 Å². The van der Waals surface area contributed by atoms with Crippen molar-refractivity contribution < 1.29 is 9.90 Å². The molecule has 0 saturated carbocycles. The fourth-order valence-electron chi connectivity index (χ4n) is 2.85. The maximum atomic E-state index is 11.9. The van der Waals surface area contributed by atoms with E-state index in [-0.39, 0.29) is 19.0 Å². The van der Waals surface area contributed by atoms with Gasteiger partial charge in [0, 0.05) is 38.2 Å². The van der Waals surface area contributed by atoms with Gasteiger partial charge in [-0.3, -0.25) is 9.48 Å². The lowest BCUT2D eigenvalue weighted by Crippen LogP contribution is -2.54. The van der Waals surface area contributed by atoms with E-state index >= 15 is 0 Å². The van der Waals surface area contributed by atoms with Crippen LogP contribution in [-0.2, 0) is 11.3 Å². The van der Waals surface area contributed by atoms with Crippen LogP contribution in [-0.4, -0.2) is 51.0 Å². The van der Waals surface area contributed by atoms with Gasteiger partial charge in [0.2, 0.25) is 5.91 Å². The SMILES string of the molecule is O=C(Cn1cccn1)NC[C@]1(O)CCCN(c2ccccn2)C1. The molecule has 7 heteroatoms. The van der Waals surface area contributed by atoms with Crippen molar-refractivity contribution in [2.75, 3.05) is 24.5 Å². The highest BCUT2D eigenvalue weighted by Gasteiger charge is 2.34. The fourth-order valence-corrected chi connectivity index (χ4v) is 2.85. The minimum Gasteiger partial charge on any atom is -0.386 e. The van der Waals surface area contributed by atoms with Crippen LogP contribution in [0.15, 0.2) is 42.9 Å². The molecule has 0 unspecified atom stereocenters. The molecule has 1 aliphatic rings. The van der Waals surface area contributed by atoms with Gasteiger partial charge in [-0.1, -0.05) is 6.07 Å². The molecule has 0 aromatic carbocycles. The lowest BCUT2D eigenvalue weighted by Gasteiger charge is -2.39. The molecule has 1 fully saturated rings. The van der Waals surface area contributed by atoms with Crippen molar-refractivity contribution in [1.82, 2.24) is 20.1 Å². The van der Waals surface area contributed by atoms with Gasteiger partial charge in [0.25, 0.3) is 0 Å². The highest BCUT2D eigenvalue weighted by Crippen LogP contribution is 2.24. The zero-order valence-electron chi connectivity index (χ0n) is 12.9. The van der Waals surface area contributed by atoms with Gasteiger partial charge in [0.1, 0.15) is 12.4 Å². The summed E-state index contributed by atoms with van der Waals surface area (Å²) < 4.78 is 1.56. The van der Waals surface area contributed by atoms with E-state index in [1.165, 1.54) is 0 Å². The van der Waals surface area contributed by atoms with Crippen LogP contribution in [0, 0.1) is 0 Å². The Morgan fingerprint density at radius 2 is 2.26 bits per heavy atom. The molecule has 0 aliphatic carbocycles. The van der Waals surface area contributed by atoms with Crippen molar-refractivity contribution in [3.8, 4) is 0 Å². The average molecular weight is 315 g/mol.